The predicted octanol–water partition coefficient (Wildman–Crippen LogP) is 4.28. The van der Waals surface area contributed by atoms with Gasteiger partial charge in [0.2, 0.25) is 0 Å². The topological polar surface area (TPSA) is 82.1 Å². The molecule has 0 aliphatic heterocycles. The van der Waals surface area contributed by atoms with Crippen LogP contribution in [0.4, 0.5) is 0 Å². The van der Waals surface area contributed by atoms with Gasteiger partial charge in [0.25, 0.3) is 0 Å². The maximum atomic E-state index is 12.5. The van der Waals surface area contributed by atoms with Crippen LogP contribution in [-0.4, -0.2) is 37.7 Å². The monoisotopic (exact) mass is 404 g/mol. The largest absolute Gasteiger partial charge is 0.496 e. The molecule has 2 rings (SSSR count). The van der Waals surface area contributed by atoms with E-state index in [0.29, 0.717) is 45.6 Å². The van der Waals surface area contributed by atoms with E-state index >= 15 is 0 Å². The minimum Gasteiger partial charge on any atom is -0.496 e. The Morgan fingerprint density at radius 1 is 1.11 bits per heavy atom. The van der Waals surface area contributed by atoms with Gasteiger partial charge in [-0.2, -0.15) is 0 Å². The first-order valence-electron chi connectivity index (χ1n) is 8.51. The molecule has 0 bridgehead atoms. The molecule has 2 aromatic rings. The lowest BCUT2D eigenvalue weighted by Crippen LogP contribution is -2.04. The van der Waals surface area contributed by atoms with E-state index < -0.39 is 5.97 Å². The Hall–Kier alpha value is -2.99. The lowest BCUT2D eigenvalue weighted by Gasteiger charge is -2.11. The van der Waals surface area contributed by atoms with Gasteiger partial charge in [-0.15, -0.1) is 0 Å². The van der Waals surface area contributed by atoms with Gasteiger partial charge in [0.05, 0.1) is 32.3 Å². The Morgan fingerprint density at radius 3 is 2.46 bits per heavy atom. The minimum absolute atomic E-state index is 0.236. The Labute approximate surface area is 168 Å². The number of rotatable bonds is 9. The molecule has 1 N–H and O–H groups in total. The van der Waals surface area contributed by atoms with Crippen molar-refractivity contribution in [2.45, 2.75) is 13.3 Å². The Balaban J connectivity index is 2.29. The second-order valence-corrected chi connectivity index (χ2v) is 6.17. The van der Waals surface area contributed by atoms with E-state index in [0.717, 1.165) is 0 Å². The highest BCUT2D eigenvalue weighted by molar-refractivity contribution is 6.32. The van der Waals surface area contributed by atoms with E-state index in [4.69, 9.17) is 30.9 Å². The predicted molar refractivity (Wildman–Crippen MR) is 107 cm³/mol. The summed E-state index contributed by atoms with van der Waals surface area (Å²) in [7, 11) is 2.95. The number of aliphatic carboxylic acids is 1. The second kappa shape index (κ2) is 9.80. The lowest BCUT2D eigenvalue weighted by atomic mass is 10.0. The fourth-order valence-corrected chi connectivity index (χ4v) is 2.94. The van der Waals surface area contributed by atoms with Crippen LogP contribution in [0.1, 0.15) is 28.4 Å². The molecule has 2 aromatic carbocycles. The van der Waals surface area contributed by atoms with Gasteiger partial charge in [-0.05, 0) is 48.9 Å². The van der Waals surface area contributed by atoms with Crippen molar-refractivity contribution in [2.75, 3.05) is 20.8 Å². The number of carboxylic acid groups (broad SMARTS) is 1. The summed E-state index contributed by atoms with van der Waals surface area (Å²) >= 11 is 6.21. The van der Waals surface area contributed by atoms with Gasteiger partial charge < -0.3 is 19.3 Å². The van der Waals surface area contributed by atoms with Crippen LogP contribution < -0.4 is 14.2 Å². The molecule has 7 heteroatoms. The second-order valence-electron chi connectivity index (χ2n) is 5.76. The van der Waals surface area contributed by atoms with E-state index in [2.05, 4.69) is 0 Å². The van der Waals surface area contributed by atoms with Crippen molar-refractivity contribution >= 4 is 29.4 Å². The number of ketones is 1. The molecule has 0 heterocycles. The van der Waals surface area contributed by atoms with Gasteiger partial charge >= 0.3 is 5.97 Å². The number of carbonyl (C=O) groups excluding carboxylic acids is 1. The number of allylic oxidation sites excluding steroid dienone is 1. The van der Waals surface area contributed by atoms with Gasteiger partial charge in [0.1, 0.15) is 5.75 Å². The molecule has 0 amide bonds. The summed E-state index contributed by atoms with van der Waals surface area (Å²) in [6, 6.07) is 8.07. The van der Waals surface area contributed by atoms with Crippen molar-refractivity contribution < 1.29 is 28.9 Å². The van der Waals surface area contributed by atoms with Crippen LogP contribution in [0.3, 0.4) is 0 Å². The molecule has 0 spiro atoms. The van der Waals surface area contributed by atoms with Crippen LogP contribution in [0.15, 0.2) is 36.4 Å². The summed E-state index contributed by atoms with van der Waals surface area (Å²) in [6.45, 7) is 2.29. The van der Waals surface area contributed by atoms with Crippen LogP contribution >= 0.6 is 11.6 Å². The minimum atomic E-state index is -1.00. The number of halogens is 1. The van der Waals surface area contributed by atoms with Crippen LogP contribution in [0.5, 0.6) is 17.2 Å². The third-order valence-corrected chi connectivity index (χ3v) is 4.15. The lowest BCUT2D eigenvalue weighted by molar-refractivity contribution is -0.136. The molecular weight excluding hydrogens is 384 g/mol. The summed E-state index contributed by atoms with van der Waals surface area (Å²) in [4.78, 5) is 23.5. The zero-order chi connectivity index (χ0) is 20.7. The summed E-state index contributed by atoms with van der Waals surface area (Å²) in [5, 5.41) is 9.39. The molecule has 6 nitrogen and oxygen atoms in total. The molecule has 0 aliphatic carbocycles. The van der Waals surface area contributed by atoms with Gasteiger partial charge in [-0.3, -0.25) is 9.59 Å². The fourth-order valence-electron chi connectivity index (χ4n) is 2.65. The van der Waals surface area contributed by atoms with Gasteiger partial charge in [0.15, 0.2) is 17.3 Å². The van der Waals surface area contributed by atoms with Crippen LogP contribution in [-0.2, 0) is 11.2 Å². The van der Waals surface area contributed by atoms with Crippen LogP contribution in [0.25, 0.3) is 6.08 Å². The molecular formula is C21H21ClO6. The molecule has 0 radical (unpaired) electrons. The first kappa shape index (κ1) is 21.3. The summed E-state index contributed by atoms with van der Waals surface area (Å²) in [5.41, 5.74) is 1.46. The normalized spacial score (nSPS) is 10.7. The van der Waals surface area contributed by atoms with Crippen LogP contribution in [0, 0.1) is 0 Å². The highest BCUT2D eigenvalue weighted by atomic mass is 35.5. The highest BCUT2D eigenvalue weighted by Crippen LogP contribution is 2.36. The Bertz CT molecular complexity index is 904. The highest BCUT2D eigenvalue weighted by Gasteiger charge is 2.13. The number of hydrogen-bond donors (Lipinski definition) is 1. The molecule has 0 atom stereocenters. The zero-order valence-corrected chi connectivity index (χ0v) is 16.6. The van der Waals surface area contributed by atoms with Crippen molar-refractivity contribution in [2.24, 2.45) is 0 Å². The van der Waals surface area contributed by atoms with E-state index in [1.165, 1.54) is 26.4 Å². The van der Waals surface area contributed by atoms with E-state index in [1.807, 2.05) is 6.92 Å². The first-order chi connectivity index (χ1) is 13.4. The van der Waals surface area contributed by atoms with E-state index in [1.54, 1.807) is 30.3 Å². The molecule has 0 saturated heterocycles. The molecule has 28 heavy (non-hydrogen) atoms. The molecule has 0 aromatic heterocycles. The van der Waals surface area contributed by atoms with Gasteiger partial charge in [0, 0.05) is 11.1 Å². The van der Waals surface area contributed by atoms with E-state index in [-0.39, 0.29) is 12.2 Å². The molecule has 0 aliphatic rings. The fraction of sp³-hybridized carbons (Fsp3) is 0.238. The molecule has 0 saturated carbocycles. The van der Waals surface area contributed by atoms with Crippen molar-refractivity contribution in [3.05, 3.63) is 58.1 Å². The van der Waals surface area contributed by atoms with Crippen molar-refractivity contribution in [1.29, 1.82) is 0 Å². The van der Waals surface area contributed by atoms with E-state index in [9.17, 15) is 9.59 Å². The number of carboxylic acids is 1. The number of benzene rings is 2. The summed E-state index contributed by atoms with van der Waals surface area (Å²) < 4.78 is 15.9. The Kier molecular flexibility index (Phi) is 7.46. The van der Waals surface area contributed by atoms with Crippen molar-refractivity contribution in [3.63, 3.8) is 0 Å². The quantitative estimate of drug-likeness (QED) is 0.496. The summed E-state index contributed by atoms with van der Waals surface area (Å²) in [6.07, 6.45) is 2.76. The van der Waals surface area contributed by atoms with Gasteiger partial charge in [-0.25, -0.2) is 0 Å². The average molecular weight is 405 g/mol. The maximum Gasteiger partial charge on any atom is 0.307 e. The number of ether oxygens (including phenoxy) is 3. The third-order valence-electron chi connectivity index (χ3n) is 3.87. The number of carbonyl (C=O) groups is 2. The first-order valence-corrected chi connectivity index (χ1v) is 8.88. The van der Waals surface area contributed by atoms with Gasteiger partial charge in [-0.1, -0.05) is 17.7 Å². The molecule has 148 valence electrons. The van der Waals surface area contributed by atoms with Crippen LogP contribution in [0.2, 0.25) is 5.02 Å². The maximum absolute atomic E-state index is 12.5. The molecule has 0 fully saturated rings. The summed E-state index contributed by atoms with van der Waals surface area (Å²) in [5.74, 6) is 0.0541. The average Bonchev–Trinajstić information content (AvgIpc) is 2.65. The zero-order valence-electron chi connectivity index (χ0n) is 15.8. The number of hydrogen-bond acceptors (Lipinski definition) is 5. The standard InChI is InChI=1S/C21H21ClO6/c1-4-28-19-10-13(9-16(22)21(19)27-3)5-7-17(23)14-6-8-18(26-2)15(11-14)12-20(24)25/h5-11H,4,12H2,1-3H3,(H,24,25)/b7-5+. The van der Waals surface area contributed by atoms with Crippen molar-refractivity contribution in [1.82, 2.24) is 0 Å². The molecule has 0 unspecified atom stereocenters. The third kappa shape index (κ3) is 5.27. The Morgan fingerprint density at radius 2 is 1.86 bits per heavy atom. The van der Waals surface area contributed by atoms with Crippen molar-refractivity contribution in [3.8, 4) is 17.2 Å². The SMILES string of the molecule is CCOc1cc(/C=C/C(=O)c2ccc(OC)c(CC(=O)O)c2)cc(Cl)c1OC. The smallest absolute Gasteiger partial charge is 0.307 e. The number of methoxy groups -OCH3 is 2.